The number of urea groups is 1. The van der Waals surface area contributed by atoms with Crippen molar-refractivity contribution in [2.45, 2.75) is 24.8 Å². The molecule has 138 valence electrons. The molecule has 7 heteroatoms. The van der Waals surface area contributed by atoms with E-state index < -0.39 is 0 Å². The second-order valence-corrected chi connectivity index (χ2v) is 7.41. The summed E-state index contributed by atoms with van der Waals surface area (Å²) in [6, 6.07) is 5.18. The minimum absolute atomic E-state index is 0.0322. The van der Waals surface area contributed by atoms with E-state index in [1.807, 2.05) is 11.2 Å². The predicted octanol–water partition coefficient (Wildman–Crippen LogP) is 2.30. The highest BCUT2D eigenvalue weighted by Crippen LogP contribution is 2.19. The van der Waals surface area contributed by atoms with Gasteiger partial charge in [-0.1, -0.05) is 6.07 Å². The Morgan fingerprint density at radius 3 is 2.88 bits per heavy atom. The monoisotopic (exact) mass is 367 g/mol. The van der Waals surface area contributed by atoms with Gasteiger partial charge in [-0.05, 0) is 35.9 Å². The summed E-state index contributed by atoms with van der Waals surface area (Å²) in [5.74, 6) is 0.512. The molecule has 1 aromatic carbocycles. The zero-order valence-corrected chi connectivity index (χ0v) is 15.5. The van der Waals surface area contributed by atoms with Gasteiger partial charge < -0.3 is 15.0 Å². The van der Waals surface area contributed by atoms with Gasteiger partial charge >= 0.3 is 6.03 Å². The third kappa shape index (κ3) is 4.86. The Morgan fingerprint density at radius 2 is 2.12 bits per heavy atom. The summed E-state index contributed by atoms with van der Waals surface area (Å²) in [4.78, 5) is 16.8. The molecular formula is C18H26FN3O2S. The van der Waals surface area contributed by atoms with Crippen LogP contribution in [0.3, 0.4) is 0 Å². The van der Waals surface area contributed by atoms with E-state index in [4.69, 9.17) is 4.74 Å². The first-order valence-corrected chi connectivity index (χ1v) is 10.2. The molecule has 2 heterocycles. The van der Waals surface area contributed by atoms with E-state index in [0.29, 0.717) is 12.6 Å². The molecule has 3 rings (SSSR count). The van der Waals surface area contributed by atoms with Gasteiger partial charge in [-0.3, -0.25) is 4.90 Å². The molecule has 0 spiro atoms. The molecule has 0 aliphatic carbocycles. The van der Waals surface area contributed by atoms with Crippen LogP contribution in [0.15, 0.2) is 18.2 Å². The van der Waals surface area contributed by atoms with Crippen LogP contribution >= 0.6 is 11.8 Å². The number of thioether (sulfide) groups is 1. The number of hydrogen-bond donors (Lipinski definition) is 1. The number of hydrogen-bond acceptors (Lipinski definition) is 4. The fourth-order valence-electron chi connectivity index (χ4n) is 3.51. The van der Waals surface area contributed by atoms with Gasteiger partial charge in [0.2, 0.25) is 0 Å². The van der Waals surface area contributed by atoms with E-state index in [9.17, 15) is 9.18 Å². The summed E-state index contributed by atoms with van der Waals surface area (Å²) in [7, 11) is 0. The van der Waals surface area contributed by atoms with Gasteiger partial charge in [0.1, 0.15) is 5.82 Å². The van der Waals surface area contributed by atoms with Crippen LogP contribution < -0.4 is 5.32 Å². The number of ether oxygens (including phenoxy) is 1. The molecule has 0 aromatic heterocycles. The van der Waals surface area contributed by atoms with Crippen molar-refractivity contribution in [1.82, 2.24) is 15.1 Å². The van der Waals surface area contributed by atoms with Crippen LogP contribution in [0.4, 0.5) is 9.18 Å². The van der Waals surface area contributed by atoms with Crippen LogP contribution in [0.1, 0.15) is 17.5 Å². The number of carbonyl (C=O) groups excluding carboxylic acids is 1. The van der Waals surface area contributed by atoms with Gasteiger partial charge in [0.15, 0.2) is 0 Å². The van der Waals surface area contributed by atoms with Crippen molar-refractivity contribution in [1.29, 1.82) is 0 Å². The Hall–Kier alpha value is -1.31. The number of likely N-dealkylation sites (tertiary alicyclic amines) is 1. The van der Waals surface area contributed by atoms with Crippen LogP contribution in [0.25, 0.3) is 0 Å². The molecule has 2 aliphatic heterocycles. The number of amides is 2. The summed E-state index contributed by atoms with van der Waals surface area (Å²) >= 11 is 1.65. The number of nitrogens with one attached hydrogen (secondary N) is 1. The number of benzene rings is 1. The summed E-state index contributed by atoms with van der Waals surface area (Å²) in [5.41, 5.74) is 1.92. The maximum Gasteiger partial charge on any atom is 0.317 e. The Labute approximate surface area is 152 Å². The summed E-state index contributed by atoms with van der Waals surface area (Å²) in [6.07, 6.45) is 3.00. The Balaban J connectivity index is 1.51. The molecule has 5 nitrogen and oxygen atoms in total. The molecule has 2 fully saturated rings. The van der Waals surface area contributed by atoms with E-state index in [0.717, 1.165) is 62.7 Å². The second kappa shape index (κ2) is 8.87. The van der Waals surface area contributed by atoms with Crippen molar-refractivity contribution in [3.8, 4) is 0 Å². The average molecular weight is 367 g/mol. The molecule has 1 unspecified atom stereocenters. The van der Waals surface area contributed by atoms with Gasteiger partial charge in [0.25, 0.3) is 0 Å². The van der Waals surface area contributed by atoms with Crippen LogP contribution in [-0.4, -0.2) is 67.5 Å². The van der Waals surface area contributed by atoms with Gasteiger partial charge in [-0.2, -0.15) is 11.8 Å². The van der Waals surface area contributed by atoms with Gasteiger partial charge in [0, 0.05) is 44.5 Å². The molecule has 1 aromatic rings. The van der Waals surface area contributed by atoms with Crippen LogP contribution in [0.2, 0.25) is 0 Å². The highest BCUT2D eigenvalue weighted by molar-refractivity contribution is 7.97. The lowest BCUT2D eigenvalue weighted by Gasteiger charge is -2.32. The van der Waals surface area contributed by atoms with Crippen molar-refractivity contribution < 1.29 is 13.9 Å². The Bertz CT molecular complexity index is 596. The molecule has 1 N–H and O–H groups in total. The lowest BCUT2D eigenvalue weighted by molar-refractivity contribution is 0.0191. The maximum atomic E-state index is 13.4. The molecule has 0 radical (unpaired) electrons. The zero-order chi connectivity index (χ0) is 17.6. The molecule has 1 atom stereocenters. The van der Waals surface area contributed by atoms with Gasteiger partial charge in [-0.25, -0.2) is 9.18 Å². The van der Waals surface area contributed by atoms with Crippen molar-refractivity contribution in [2.75, 3.05) is 45.6 Å². The molecule has 2 saturated heterocycles. The van der Waals surface area contributed by atoms with Crippen molar-refractivity contribution in [3.05, 3.63) is 35.1 Å². The van der Waals surface area contributed by atoms with Crippen LogP contribution in [0, 0.1) is 5.82 Å². The number of nitrogens with zero attached hydrogens (tertiary/aromatic N) is 2. The lowest BCUT2D eigenvalue weighted by atomic mass is 10.1. The summed E-state index contributed by atoms with van der Waals surface area (Å²) in [6.45, 7) is 5.47. The third-order valence-corrected chi connectivity index (χ3v) is 5.51. The van der Waals surface area contributed by atoms with Crippen LogP contribution in [-0.2, 0) is 17.0 Å². The highest BCUT2D eigenvalue weighted by atomic mass is 32.2. The van der Waals surface area contributed by atoms with Crippen LogP contribution in [0.5, 0.6) is 0 Å². The molecule has 2 aliphatic rings. The van der Waals surface area contributed by atoms with E-state index in [-0.39, 0.29) is 11.8 Å². The van der Waals surface area contributed by atoms with E-state index in [1.165, 1.54) is 6.07 Å². The molecule has 25 heavy (non-hydrogen) atoms. The predicted molar refractivity (Wildman–Crippen MR) is 98.2 cm³/mol. The number of morpholine rings is 1. The first kappa shape index (κ1) is 18.5. The average Bonchev–Trinajstić information content (AvgIpc) is 3.12. The SMILES string of the molecule is CSCc1cc(F)ccc1CNC(=O)N1CCC(N2CCOCC2)C1. The highest BCUT2D eigenvalue weighted by Gasteiger charge is 2.31. The van der Waals surface area contributed by atoms with Crippen molar-refractivity contribution in [3.63, 3.8) is 0 Å². The molecule has 2 amide bonds. The zero-order valence-electron chi connectivity index (χ0n) is 14.7. The minimum Gasteiger partial charge on any atom is -0.379 e. The van der Waals surface area contributed by atoms with E-state index in [1.54, 1.807) is 23.9 Å². The van der Waals surface area contributed by atoms with E-state index >= 15 is 0 Å². The van der Waals surface area contributed by atoms with E-state index in [2.05, 4.69) is 10.2 Å². The Morgan fingerprint density at radius 1 is 1.32 bits per heavy atom. The normalized spacial score (nSPS) is 21.5. The topological polar surface area (TPSA) is 44.8 Å². The number of rotatable bonds is 5. The third-order valence-electron chi connectivity index (χ3n) is 4.91. The van der Waals surface area contributed by atoms with Gasteiger partial charge in [0.05, 0.1) is 13.2 Å². The Kier molecular flexibility index (Phi) is 6.56. The maximum absolute atomic E-state index is 13.4. The molecular weight excluding hydrogens is 341 g/mol. The molecule has 0 saturated carbocycles. The fourth-order valence-corrected chi connectivity index (χ4v) is 4.09. The number of carbonyl (C=O) groups is 1. The lowest BCUT2D eigenvalue weighted by Crippen LogP contribution is -2.46. The molecule has 0 bridgehead atoms. The first-order chi connectivity index (χ1) is 12.2. The van der Waals surface area contributed by atoms with Crippen molar-refractivity contribution >= 4 is 17.8 Å². The largest absolute Gasteiger partial charge is 0.379 e. The minimum atomic E-state index is -0.230. The quantitative estimate of drug-likeness (QED) is 0.867. The number of halogens is 1. The fraction of sp³-hybridized carbons (Fsp3) is 0.611. The summed E-state index contributed by atoms with van der Waals surface area (Å²) in [5, 5.41) is 2.99. The standard InChI is InChI=1S/C18H26FN3O2S/c1-25-13-15-10-16(19)3-2-14(15)11-20-18(23)22-5-4-17(12-22)21-6-8-24-9-7-21/h2-3,10,17H,4-9,11-13H2,1H3,(H,20,23). The van der Waals surface area contributed by atoms with Crippen molar-refractivity contribution in [2.24, 2.45) is 0 Å². The smallest absolute Gasteiger partial charge is 0.317 e. The van der Waals surface area contributed by atoms with Gasteiger partial charge in [-0.15, -0.1) is 0 Å². The first-order valence-electron chi connectivity index (χ1n) is 8.78. The second-order valence-electron chi connectivity index (χ2n) is 6.54. The summed E-state index contributed by atoms with van der Waals surface area (Å²) < 4.78 is 18.8.